The molecule has 3 aromatic rings. The van der Waals surface area contributed by atoms with Crippen LogP contribution in [-0.2, 0) is 17.4 Å². The summed E-state index contributed by atoms with van der Waals surface area (Å²) in [7, 11) is 1.66. The molecule has 7 heteroatoms. The lowest BCUT2D eigenvalue weighted by Gasteiger charge is -2.19. The maximum atomic E-state index is 13.8. The van der Waals surface area contributed by atoms with Gasteiger partial charge in [0.05, 0.1) is 11.3 Å². The van der Waals surface area contributed by atoms with E-state index in [4.69, 9.17) is 0 Å². The number of carbonyl (C=O) groups is 1. The van der Waals surface area contributed by atoms with Gasteiger partial charge in [-0.1, -0.05) is 18.2 Å². The molecular formula is C19H16FN3O3. The average molecular weight is 353 g/mol. The van der Waals surface area contributed by atoms with Crippen molar-refractivity contribution in [2.24, 2.45) is 7.05 Å². The summed E-state index contributed by atoms with van der Waals surface area (Å²) < 4.78 is 16.7. The fraction of sp³-hybridized carbons (Fsp3) is 0.158. The highest BCUT2D eigenvalue weighted by Gasteiger charge is 2.51. The molecule has 1 amide bonds. The molecule has 2 heterocycles. The van der Waals surface area contributed by atoms with Gasteiger partial charge >= 0.3 is 0 Å². The Balaban J connectivity index is 2.03. The van der Waals surface area contributed by atoms with Crippen molar-refractivity contribution in [3.05, 3.63) is 81.5 Å². The lowest BCUT2D eigenvalue weighted by Crippen LogP contribution is -2.40. The highest BCUT2D eigenvalue weighted by atomic mass is 19.1. The van der Waals surface area contributed by atoms with E-state index in [-0.39, 0.29) is 16.8 Å². The molecular weight excluding hydrogens is 337 g/mol. The summed E-state index contributed by atoms with van der Waals surface area (Å²) in [5.41, 5.74) is -1.56. The first-order valence-electron chi connectivity index (χ1n) is 8.04. The smallest absolute Gasteiger partial charge is 0.278 e. The van der Waals surface area contributed by atoms with Crippen LogP contribution in [0.4, 0.5) is 10.1 Å². The lowest BCUT2D eigenvalue weighted by atomic mass is 9.87. The van der Waals surface area contributed by atoms with Gasteiger partial charge in [0.1, 0.15) is 5.82 Å². The topological polar surface area (TPSA) is 76.3 Å². The molecule has 0 spiro atoms. The zero-order chi connectivity index (χ0) is 18.6. The molecule has 0 saturated heterocycles. The lowest BCUT2D eigenvalue weighted by molar-refractivity contribution is -0.129. The Morgan fingerprint density at radius 2 is 1.81 bits per heavy atom. The van der Waals surface area contributed by atoms with Gasteiger partial charge in [-0.25, -0.2) is 9.07 Å². The highest BCUT2D eigenvalue weighted by Crippen LogP contribution is 2.41. The fourth-order valence-corrected chi connectivity index (χ4v) is 3.49. The molecule has 1 aliphatic heterocycles. The van der Waals surface area contributed by atoms with E-state index >= 15 is 0 Å². The molecule has 0 fully saturated rings. The van der Waals surface area contributed by atoms with Crippen LogP contribution >= 0.6 is 0 Å². The molecule has 4 rings (SSSR count). The Hall–Kier alpha value is -3.19. The van der Waals surface area contributed by atoms with Gasteiger partial charge in [-0.15, -0.1) is 0 Å². The SMILES string of the molecule is Cc1c([C@]2(O)C(=O)Nc3ccc(F)cc32)c(=O)n(-c2ccccc2)n1C. The first kappa shape index (κ1) is 16.3. The minimum absolute atomic E-state index is 0.0357. The van der Waals surface area contributed by atoms with Crippen molar-refractivity contribution in [3.8, 4) is 5.69 Å². The van der Waals surface area contributed by atoms with E-state index < -0.39 is 22.9 Å². The number of aliphatic hydroxyl groups is 1. The molecule has 0 radical (unpaired) electrons. The number of para-hydroxylation sites is 1. The summed E-state index contributed by atoms with van der Waals surface area (Å²) in [6, 6.07) is 12.5. The number of carbonyl (C=O) groups excluding carboxylic acids is 1. The van der Waals surface area contributed by atoms with E-state index in [0.717, 1.165) is 6.07 Å². The Bertz CT molecular complexity index is 1100. The molecule has 0 saturated carbocycles. The number of nitrogens with one attached hydrogen (secondary N) is 1. The summed E-state index contributed by atoms with van der Waals surface area (Å²) in [6.45, 7) is 1.64. The molecule has 0 unspecified atom stereocenters. The van der Waals surface area contributed by atoms with E-state index in [0.29, 0.717) is 11.4 Å². The second-order valence-electron chi connectivity index (χ2n) is 6.29. The molecule has 0 bridgehead atoms. The third-order valence-electron chi connectivity index (χ3n) is 4.86. The van der Waals surface area contributed by atoms with Crippen molar-refractivity contribution in [2.75, 3.05) is 5.32 Å². The standard InChI is InChI=1S/C19H16FN3O3/c1-11-16(17(24)23(22(11)2)13-6-4-3-5-7-13)19(26)14-10-12(20)8-9-15(14)21-18(19)25/h3-10,26H,1-2H3,(H,21,25)/t19-/m0/s1. The minimum atomic E-state index is -2.25. The van der Waals surface area contributed by atoms with E-state index in [1.165, 1.54) is 16.8 Å². The summed E-state index contributed by atoms with van der Waals surface area (Å²) in [4.78, 5) is 25.7. The fourth-order valence-electron chi connectivity index (χ4n) is 3.49. The van der Waals surface area contributed by atoms with Gasteiger partial charge in [-0.05, 0) is 37.3 Å². The maximum absolute atomic E-state index is 13.8. The molecule has 2 N–H and O–H groups in total. The Morgan fingerprint density at radius 1 is 1.12 bits per heavy atom. The number of rotatable bonds is 2. The molecule has 6 nitrogen and oxygen atoms in total. The molecule has 1 aromatic heterocycles. The number of hydrogen-bond acceptors (Lipinski definition) is 3. The Kier molecular flexibility index (Phi) is 3.38. The van der Waals surface area contributed by atoms with Crippen LogP contribution in [0.15, 0.2) is 53.3 Å². The number of benzene rings is 2. The monoisotopic (exact) mass is 353 g/mol. The predicted molar refractivity (Wildman–Crippen MR) is 93.8 cm³/mol. The summed E-state index contributed by atoms with van der Waals surface area (Å²) in [6.07, 6.45) is 0. The van der Waals surface area contributed by atoms with Crippen LogP contribution in [-0.4, -0.2) is 20.4 Å². The van der Waals surface area contributed by atoms with Crippen molar-refractivity contribution in [3.63, 3.8) is 0 Å². The third-order valence-corrected chi connectivity index (χ3v) is 4.86. The number of amides is 1. The van der Waals surface area contributed by atoms with E-state index in [9.17, 15) is 19.1 Å². The number of anilines is 1. The molecule has 26 heavy (non-hydrogen) atoms. The minimum Gasteiger partial charge on any atom is -0.371 e. The van der Waals surface area contributed by atoms with Crippen LogP contribution in [0.3, 0.4) is 0 Å². The number of hydrogen-bond donors (Lipinski definition) is 2. The van der Waals surface area contributed by atoms with Crippen LogP contribution in [0.25, 0.3) is 5.69 Å². The average Bonchev–Trinajstić information content (AvgIpc) is 3.00. The van der Waals surface area contributed by atoms with Crippen LogP contribution in [0.2, 0.25) is 0 Å². The van der Waals surface area contributed by atoms with Crippen LogP contribution < -0.4 is 10.9 Å². The predicted octanol–water partition coefficient (Wildman–Crippen LogP) is 1.81. The van der Waals surface area contributed by atoms with E-state index in [2.05, 4.69) is 5.32 Å². The van der Waals surface area contributed by atoms with Gasteiger partial charge in [0.25, 0.3) is 11.5 Å². The van der Waals surface area contributed by atoms with Crippen LogP contribution in [0, 0.1) is 12.7 Å². The van der Waals surface area contributed by atoms with Gasteiger partial charge in [-0.3, -0.25) is 14.3 Å². The summed E-state index contributed by atoms with van der Waals surface area (Å²) >= 11 is 0. The quantitative estimate of drug-likeness (QED) is 0.738. The Morgan fingerprint density at radius 3 is 2.50 bits per heavy atom. The largest absolute Gasteiger partial charge is 0.371 e. The Labute approximate surface area is 148 Å². The third kappa shape index (κ3) is 2.01. The van der Waals surface area contributed by atoms with Crippen LogP contribution in [0.1, 0.15) is 16.8 Å². The number of nitrogens with zero attached hydrogens (tertiary/aromatic N) is 2. The van der Waals surface area contributed by atoms with Gasteiger partial charge in [0.2, 0.25) is 5.60 Å². The second kappa shape index (κ2) is 5.40. The number of halogens is 1. The van der Waals surface area contributed by atoms with Gasteiger partial charge in [0.15, 0.2) is 0 Å². The molecule has 2 aromatic carbocycles. The maximum Gasteiger partial charge on any atom is 0.278 e. The van der Waals surface area contributed by atoms with Gasteiger partial charge < -0.3 is 10.4 Å². The normalized spacial score (nSPS) is 18.7. The zero-order valence-corrected chi connectivity index (χ0v) is 14.2. The van der Waals surface area contributed by atoms with Gasteiger partial charge in [-0.2, -0.15) is 0 Å². The molecule has 0 aliphatic carbocycles. The van der Waals surface area contributed by atoms with Crippen molar-refractivity contribution in [2.45, 2.75) is 12.5 Å². The van der Waals surface area contributed by atoms with Crippen LogP contribution in [0.5, 0.6) is 0 Å². The first-order valence-corrected chi connectivity index (χ1v) is 8.04. The first-order chi connectivity index (χ1) is 12.4. The van der Waals surface area contributed by atoms with E-state index in [1.54, 1.807) is 42.9 Å². The molecule has 132 valence electrons. The summed E-state index contributed by atoms with van der Waals surface area (Å²) in [5.74, 6) is -1.38. The van der Waals surface area contributed by atoms with Crippen molar-refractivity contribution in [1.82, 2.24) is 9.36 Å². The number of aromatic nitrogens is 2. The second-order valence-corrected chi connectivity index (χ2v) is 6.29. The van der Waals surface area contributed by atoms with E-state index in [1.807, 2.05) is 6.07 Å². The van der Waals surface area contributed by atoms with Crippen molar-refractivity contribution < 1.29 is 14.3 Å². The van der Waals surface area contributed by atoms with Crippen molar-refractivity contribution >= 4 is 11.6 Å². The zero-order valence-electron chi connectivity index (χ0n) is 14.2. The molecule has 1 aliphatic rings. The highest BCUT2D eigenvalue weighted by molar-refractivity contribution is 6.07. The van der Waals surface area contributed by atoms with Gasteiger partial charge in [0, 0.05) is 24.0 Å². The molecule has 1 atom stereocenters. The number of fused-ring (bicyclic) bond motifs is 1. The van der Waals surface area contributed by atoms with Crippen molar-refractivity contribution in [1.29, 1.82) is 0 Å². The summed E-state index contributed by atoms with van der Waals surface area (Å²) in [5, 5.41) is 13.8.